The van der Waals surface area contributed by atoms with Gasteiger partial charge in [-0.2, -0.15) is 4.58 Å². The number of primary amides is 1. The highest BCUT2D eigenvalue weighted by Gasteiger charge is 2.42. The summed E-state index contributed by atoms with van der Waals surface area (Å²) in [5.41, 5.74) is 12.5. The Morgan fingerprint density at radius 1 is 1.18 bits per heavy atom. The van der Waals surface area contributed by atoms with Gasteiger partial charge in [-0.25, -0.2) is 4.39 Å². The second kappa shape index (κ2) is 5.07. The first-order chi connectivity index (χ1) is 10.5. The summed E-state index contributed by atoms with van der Waals surface area (Å²) in [5.74, 6) is -1.50. The van der Waals surface area contributed by atoms with Crippen molar-refractivity contribution in [3.8, 4) is 0 Å². The van der Waals surface area contributed by atoms with Gasteiger partial charge in [-0.05, 0) is 30.3 Å². The van der Waals surface area contributed by atoms with E-state index in [0.29, 0.717) is 17.8 Å². The van der Waals surface area contributed by atoms with Crippen LogP contribution in [0.15, 0.2) is 59.5 Å². The first-order valence-electron chi connectivity index (χ1n) is 6.62. The molecular formula is C16H13FN3O2+. The number of carbonyl (C=O) groups is 2. The number of carbonyl (C=O) groups excluding carboxylic acids is 2. The molecule has 0 saturated carbocycles. The lowest BCUT2D eigenvalue weighted by atomic mass is 10.0. The van der Waals surface area contributed by atoms with Crippen LogP contribution in [-0.4, -0.2) is 28.5 Å². The molecule has 1 aromatic rings. The summed E-state index contributed by atoms with van der Waals surface area (Å²) < 4.78 is 14.6. The molecule has 0 aliphatic carbocycles. The van der Waals surface area contributed by atoms with Crippen molar-refractivity contribution < 1.29 is 18.6 Å². The average molecular weight is 298 g/mol. The highest BCUT2D eigenvalue weighted by atomic mass is 19.1. The van der Waals surface area contributed by atoms with Crippen LogP contribution in [0, 0.1) is 5.82 Å². The Kier molecular flexibility index (Phi) is 3.21. The zero-order valence-electron chi connectivity index (χ0n) is 11.5. The fraction of sp³-hybridized carbons (Fsp3) is 0.0625. The fourth-order valence-electron chi connectivity index (χ4n) is 2.59. The van der Waals surface area contributed by atoms with E-state index < -0.39 is 11.7 Å². The van der Waals surface area contributed by atoms with E-state index in [2.05, 4.69) is 0 Å². The molecule has 2 heterocycles. The van der Waals surface area contributed by atoms with Crippen molar-refractivity contribution in [3.05, 3.63) is 70.8 Å². The largest absolute Gasteiger partial charge is 0.392 e. The fourth-order valence-corrected chi connectivity index (χ4v) is 2.59. The van der Waals surface area contributed by atoms with Crippen LogP contribution in [0.5, 0.6) is 0 Å². The summed E-state index contributed by atoms with van der Waals surface area (Å²) in [6.45, 7) is 0.408. The number of hydrogen-bond acceptors (Lipinski definition) is 3. The lowest BCUT2D eigenvalue weighted by Gasteiger charge is -2.05. The van der Waals surface area contributed by atoms with Crippen molar-refractivity contribution in [2.45, 2.75) is 0 Å². The van der Waals surface area contributed by atoms with Crippen molar-refractivity contribution >= 4 is 17.4 Å². The normalized spacial score (nSPS) is 16.7. The Bertz CT molecular complexity index is 814. The SMILES string of the molecule is NC(=O)C1=C(N)C(C(=O)c2ccc(F)cc2)=[N+]2CC=CC=C12. The number of amides is 1. The second-order valence-electron chi connectivity index (χ2n) is 4.93. The zero-order chi connectivity index (χ0) is 15.9. The summed E-state index contributed by atoms with van der Waals surface area (Å²) in [6, 6.07) is 5.15. The molecule has 5 nitrogen and oxygen atoms in total. The molecule has 4 N–H and O–H groups in total. The van der Waals surface area contributed by atoms with E-state index in [9.17, 15) is 14.0 Å². The maximum Gasteiger partial charge on any atom is 0.278 e. The van der Waals surface area contributed by atoms with Gasteiger partial charge in [0.1, 0.15) is 17.1 Å². The third kappa shape index (κ3) is 2.05. The molecule has 2 aliphatic rings. The molecule has 110 valence electrons. The van der Waals surface area contributed by atoms with Crippen LogP contribution in [-0.2, 0) is 4.79 Å². The van der Waals surface area contributed by atoms with Gasteiger partial charge in [-0.1, -0.05) is 6.08 Å². The molecule has 2 aliphatic heterocycles. The van der Waals surface area contributed by atoms with E-state index in [-0.39, 0.29) is 22.8 Å². The summed E-state index contributed by atoms with van der Waals surface area (Å²) in [6.07, 6.45) is 5.29. The van der Waals surface area contributed by atoms with E-state index in [1.165, 1.54) is 24.3 Å². The van der Waals surface area contributed by atoms with Crippen LogP contribution in [0.25, 0.3) is 0 Å². The molecule has 1 amide bonds. The van der Waals surface area contributed by atoms with E-state index in [1.54, 1.807) is 16.7 Å². The smallest absolute Gasteiger partial charge is 0.278 e. The number of fused-ring (bicyclic) bond motifs is 1. The highest BCUT2D eigenvalue weighted by molar-refractivity contribution is 6.50. The molecule has 22 heavy (non-hydrogen) atoms. The van der Waals surface area contributed by atoms with Crippen molar-refractivity contribution in [1.82, 2.24) is 0 Å². The van der Waals surface area contributed by atoms with Gasteiger partial charge >= 0.3 is 0 Å². The minimum atomic E-state index is -0.689. The van der Waals surface area contributed by atoms with Crippen LogP contribution in [0.1, 0.15) is 10.4 Å². The van der Waals surface area contributed by atoms with Crippen LogP contribution in [0.4, 0.5) is 4.39 Å². The molecule has 0 unspecified atom stereocenters. The molecule has 0 saturated heterocycles. The number of rotatable bonds is 3. The van der Waals surface area contributed by atoms with Gasteiger partial charge < -0.3 is 11.5 Å². The molecule has 0 radical (unpaired) electrons. The predicted molar refractivity (Wildman–Crippen MR) is 78.5 cm³/mol. The van der Waals surface area contributed by atoms with E-state index in [0.717, 1.165) is 0 Å². The number of Topliss-reactive ketones (excluding diaryl/α,β-unsaturated/α-hetero) is 1. The quantitative estimate of drug-likeness (QED) is 0.633. The zero-order valence-corrected chi connectivity index (χ0v) is 11.5. The molecule has 0 fully saturated rings. The number of hydrogen-bond donors (Lipinski definition) is 2. The van der Waals surface area contributed by atoms with E-state index in [4.69, 9.17) is 11.5 Å². The molecule has 3 rings (SSSR count). The van der Waals surface area contributed by atoms with Gasteiger partial charge in [0.2, 0.25) is 5.70 Å². The summed E-state index contributed by atoms with van der Waals surface area (Å²) >= 11 is 0. The Balaban J connectivity index is 2.14. The van der Waals surface area contributed by atoms with Gasteiger partial charge in [0, 0.05) is 11.6 Å². The molecule has 0 spiro atoms. The number of ketones is 1. The molecule has 0 atom stereocenters. The summed E-state index contributed by atoms with van der Waals surface area (Å²) in [4.78, 5) is 24.3. The van der Waals surface area contributed by atoms with Gasteiger partial charge in [0.25, 0.3) is 17.4 Å². The Morgan fingerprint density at radius 2 is 1.86 bits per heavy atom. The summed E-state index contributed by atoms with van der Waals surface area (Å²) in [5, 5.41) is 0. The van der Waals surface area contributed by atoms with Crippen LogP contribution in [0.3, 0.4) is 0 Å². The van der Waals surface area contributed by atoms with Crippen molar-refractivity contribution in [3.63, 3.8) is 0 Å². The third-order valence-electron chi connectivity index (χ3n) is 3.59. The Labute approximate surface area is 125 Å². The molecule has 0 aromatic heterocycles. The molecule has 6 heteroatoms. The van der Waals surface area contributed by atoms with Gasteiger partial charge in [0.05, 0.1) is 0 Å². The number of halogens is 1. The molecule has 0 bridgehead atoms. The monoisotopic (exact) mass is 298 g/mol. The highest BCUT2D eigenvalue weighted by Crippen LogP contribution is 2.26. The third-order valence-corrected chi connectivity index (χ3v) is 3.59. The lowest BCUT2D eigenvalue weighted by Crippen LogP contribution is -2.28. The standard InChI is InChI=1S/C16H12FN3O2/c17-10-6-4-9(5-7-10)15(21)14-13(18)12(16(19)22)11-3-1-2-8-20(11)14/h1-7H,8H2,(H3-,18,19,22)/p+1. The van der Waals surface area contributed by atoms with Crippen molar-refractivity contribution in [1.29, 1.82) is 0 Å². The Hall–Kier alpha value is -3.02. The van der Waals surface area contributed by atoms with Gasteiger partial charge in [-0.3, -0.25) is 9.59 Å². The van der Waals surface area contributed by atoms with Crippen molar-refractivity contribution in [2.75, 3.05) is 6.54 Å². The van der Waals surface area contributed by atoms with Crippen LogP contribution >= 0.6 is 0 Å². The second-order valence-corrected chi connectivity index (χ2v) is 4.93. The first kappa shape index (κ1) is 13.9. The number of nitrogens with two attached hydrogens (primary N) is 2. The number of allylic oxidation sites excluding steroid dienone is 3. The molecular weight excluding hydrogens is 285 g/mol. The van der Waals surface area contributed by atoms with Crippen LogP contribution < -0.4 is 11.5 Å². The van der Waals surface area contributed by atoms with E-state index >= 15 is 0 Å². The predicted octanol–water partition coefficient (Wildman–Crippen LogP) is 0.627. The topological polar surface area (TPSA) is 89.2 Å². The van der Waals surface area contributed by atoms with Crippen molar-refractivity contribution in [2.24, 2.45) is 11.5 Å². The van der Waals surface area contributed by atoms with Gasteiger partial charge in [0.15, 0.2) is 6.54 Å². The molecule has 1 aromatic carbocycles. The van der Waals surface area contributed by atoms with Gasteiger partial charge in [-0.15, -0.1) is 0 Å². The number of benzene rings is 1. The first-order valence-corrected chi connectivity index (χ1v) is 6.62. The Morgan fingerprint density at radius 3 is 2.50 bits per heavy atom. The number of nitrogens with zero attached hydrogens (tertiary/aromatic N) is 1. The maximum atomic E-state index is 13.0. The van der Waals surface area contributed by atoms with E-state index in [1.807, 2.05) is 6.08 Å². The van der Waals surface area contributed by atoms with Crippen LogP contribution in [0.2, 0.25) is 0 Å². The minimum absolute atomic E-state index is 0.0526. The summed E-state index contributed by atoms with van der Waals surface area (Å²) in [7, 11) is 0. The minimum Gasteiger partial charge on any atom is -0.392 e. The average Bonchev–Trinajstić information content (AvgIpc) is 2.79. The lowest BCUT2D eigenvalue weighted by molar-refractivity contribution is -0.457. The maximum absolute atomic E-state index is 13.0.